The molecular formula is C14H14ClN3O4. The second-order valence-electron chi connectivity index (χ2n) is 4.48. The van der Waals surface area contributed by atoms with Crippen LogP contribution in [0.15, 0.2) is 30.5 Å². The Hall–Kier alpha value is -2.54. The highest BCUT2D eigenvalue weighted by atomic mass is 35.5. The summed E-state index contributed by atoms with van der Waals surface area (Å²) in [6.45, 7) is 1.56. The Morgan fingerprint density at radius 1 is 1.41 bits per heavy atom. The molecule has 0 bridgehead atoms. The molecular weight excluding hydrogens is 310 g/mol. The number of rotatable bonds is 5. The van der Waals surface area contributed by atoms with Crippen molar-refractivity contribution in [2.45, 2.75) is 13.0 Å². The summed E-state index contributed by atoms with van der Waals surface area (Å²) < 4.78 is 6.17. The van der Waals surface area contributed by atoms with E-state index >= 15 is 0 Å². The average molecular weight is 324 g/mol. The summed E-state index contributed by atoms with van der Waals surface area (Å²) in [5, 5.41) is 15.9. The number of carbonyl (C=O) groups excluding carboxylic acids is 1. The third kappa shape index (κ3) is 3.20. The van der Waals surface area contributed by atoms with Gasteiger partial charge in [-0.3, -0.25) is 4.79 Å². The maximum atomic E-state index is 12.2. The number of aromatic nitrogens is 2. The minimum Gasteiger partial charge on any atom is -0.495 e. The molecule has 1 unspecified atom stereocenters. The van der Waals surface area contributed by atoms with E-state index in [-0.39, 0.29) is 5.69 Å². The Morgan fingerprint density at radius 2 is 2.14 bits per heavy atom. The molecule has 8 heteroatoms. The van der Waals surface area contributed by atoms with Crippen molar-refractivity contribution in [2.24, 2.45) is 0 Å². The van der Waals surface area contributed by atoms with Crippen LogP contribution in [0, 0.1) is 0 Å². The van der Waals surface area contributed by atoms with Gasteiger partial charge < -0.3 is 15.2 Å². The van der Waals surface area contributed by atoms with E-state index in [4.69, 9.17) is 21.4 Å². The van der Waals surface area contributed by atoms with Gasteiger partial charge in [0.2, 0.25) is 5.91 Å². The van der Waals surface area contributed by atoms with Crippen LogP contribution in [0.2, 0.25) is 5.02 Å². The largest absolute Gasteiger partial charge is 0.495 e. The van der Waals surface area contributed by atoms with E-state index in [9.17, 15) is 9.59 Å². The molecule has 0 radical (unpaired) electrons. The lowest BCUT2D eigenvalue weighted by atomic mass is 10.2. The molecule has 1 heterocycles. The normalized spacial score (nSPS) is 11.8. The SMILES string of the molecule is COc1ccc(NC(=O)C(C)n2nccc2C(=O)O)cc1Cl. The van der Waals surface area contributed by atoms with Crippen LogP contribution in [0.4, 0.5) is 5.69 Å². The van der Waals surface area contributed by atoms with Gasteiger partial charge in [-0.2, -0.15) is 5.10 Å². The van der Waals surface area contributed by atoms with Crippen LogP contribution in [0.3, 0.4) is 0 Å². The summed E-state index contributed by atoms with van der Waals surface area (Å²) in [7, 11) is 1.49. The molecule has 2 aromatic rings. The van der Waals surface area contributed by atoms with Crippen LogP contribution in [0.5, 0.6) is 5.75 Å². The van der Waals surface area contributed by atoms with Gasteiger partial charge in [0.05, 0.1) is 12.1 Å². The van der Waals surface area contributed by atoms with Crippen molar-refractivity contribution in [3.63, 3.8) is 0 Å². The second-order valence-corrected chi connectivity index (χ2v) is 4.89. The lowest BCUT2D eigenvalue weighted by Crippen LogP contribution is -2.26. The summed E-state index contributed by atoms with van der Waals surface area (Å²) >= 11 is 5.99. The van der Waals surface area contributed by atoms with Crippen LogP contribution in [0.1, 0.15) is 23.5 Å². The molecule has 0 spiro atoms. The number of carbonyl (C=O) groups is 2. The van der Waals surface area contributed by atoms with E-state index in [2.05, 4.69) is 10.4 Å². The first-order valence-corrected chi connectivity index (χ1v) is 6.73. The highest BCUT2D eigenvalue weighted by Gasteiger charge is 2.21. The molecule has 0 aliphatic heterocycles. The van der Waals surface area contributed by atoms with Crippen molar-refractivity contribution in [3.05, 3.63) is 41.2 Å². The zero-order valence-corrected chi connectivity index (χ0v) is 12.7. The lowest BCUT2D eigenvalue weighted by molar-refractivity contribution is -0.119. The standard InChI is InChI=1S/C14H14ClN3O4/c1-8(18-11(14(20)21)5-6-16-18)13(19)17-9-3-4-12(22-2)10(15)7-9/h3-8H,1-2H3,(H,17,19)(H,20,21). The van der Waals surface area contributed by atoms with Gasteiger partial charge in [0.25, 0.3) is 0 Å². The molecule has 0 aliphatic rings. The molecule has 2 N–H and O–H groups in total. The van der Waals surface area contributed by atoms with Gasteiger partial charge in [-0.05, 0) is 31.2 Å². The van der Waals surface area contributed by atoms with Gasteiger partial charge in [-0.15, -0.1) is 0 Å². The molecule has 1 amide bonds. The topological polar surface area (TPSA) is 93.5 Å². The molecule has 116 valence electrons. The number of nitrogens with zero attached hydrogens (tertiary/aromatic N) is 2. The van der Waals surface area contributed by atoms with Crippen molar-refractivity contribution in [3.8, 4) is 5.75 Å². The van der Waals surface area contributed by atoms with E-state index in [1.807, 2.05) is 0 Å². The zero-order chi connectivity index (χ0) is 16.3. The van der Waals surface area contributed by atoms with Crippen LogP contribution in [0.25, 0.3) is 0 Å². The Balaban J connectivity index is 2.16. The molecule has 0 saturated carbocycles. The summed E-state index contributed by atoms with van der Waals surface area (Å²) in [6, 6.07) is 5.35. The Morgan fingerprint density at radius 3 is 2.73 bits per heavy atom. The van der Waals surface area contributed by atoms with Crippen LogP contribution >= 0.6 is 11.6 Å². The molecule has 0 fully saturated rings. The molecule has 0 aliphatic carbocycles. The number of benzene rings is 1. The number of carboxylic acid groups (broad SMARTS) is 1. The summed E-state index contributed by atoms with van der Waals surface area (Å²) in [5.74, 6) is -1.06. The number of hydrogen-bond acceptors (Lipinski definition) is 4. The number of hydrogen-bond donors (Lipinski definition) is 2. The van der Waals surface area contributed by atoms with Gasteiger partial charge in [-0.1, -0.05) is 11.6 Å². The van der Waals surface area contributed by atoms with Crippen molar-refractivity contribution < 1.29 is 19.4 Å². The first kappa shape index (κ1) is 15.8. The second kappa shape index (κ2) is 6.48. The number of amides is 1. The maximum absolute atomic E-state index is 12.2. The van der Waals surface area contributed by atoms with Crippen molar-refractivity contribution >= 4 is 29.2 Å². The minimum absolute atomic E-state index is 0.0598. The van der Waals surface area contributed by atoms with Gasteiger partial charge in [0, 0.05) is 11.9 Å². The average Bonchev–Trinajstić information content (AvgIpc) is 2.96. The summed E-state index contributed by atoms with van der Waals surface area (Å²) in [4.78, 5) is 23.3. The van der Waals surface area contributed by atoms with Crippen LogP contribution in [-0.2, 0) is 4.79 Å². The molecule has 2 rings (SSSR count). The highest BCUT2D eigenvalue weighted by Crippen LogP contribution is 2.27. The quantitative estimate of drug-likeness (QED) is 0.881. The van der Waals surface area contributed by atoms with E-state index in [1.165, 1.54) is 19.4 Å². The monoisotopic (exact) mass is 323 g/mol. The number of methoxy groups -OCH3 is 1. The molecule has 1 atom stereocenters. The molecule has 7 nitrogen and oxygen atoms in total. The predicted octanol–water partition coefficient (Wildman–Crippen LogP) is 2.44. The zero-order valence-electron chi connectivity index (χ0n) is 11.9. The third-order valence-corrected chi connectivity index (χ3v) is 3.35. The minimum atomic E-state index is -1.15. The third-order valence-electron chi connectivity index (χ3n) is 3.06. The van der Waals surface area contributed by atoms with E-state index in [1.54, 1.807) is 25.1 Å². The number of aromatic carboxylic acids is 1. The highest BCUT2D eigenvalue weighted by molar-refractivity contribution is 6.32. The fourth-order valence-electron chi connectivity index (χ4n) is 1.89. The Bertz CT molecular complexity index is 714. The van der Waals surface area contributed by atoms with E-state index in [0.717, 1.165) is 4.68 Å². The Kier molecular flexibility index (Phi) is 4.67. The summed E-state index contributed by atoms with van der Waals surface area (Å²) in [5.41, 5.74) is 0.419. The van der Waals surface area contributed by atoms with Crippen molar-refractivity contribution in [2.75, 3.05) is 12.4 Å². The van der Waals surface area contributed by atoms with Gasteiger partial charge in [0.15, 0.2) is 0 Å². The fourth-order valence-corrected chi connectivity index (χ4v) is 2.15. The number of carboxylic acids is 1. The smallest absolute Gasteiger partial charge is 0.354 e. The number of ether oxygens (including phenoxy) is 1. The van der Waals surface area contributed by atoms with E-state index < -0.39 is 17.9 Å². The first-order valence-electron chi connectivity index (χ1n) is 6.35. The fraction of sp³-hybridized carbons (Fsp3) is 0.214. The van der Waals surface area contributed by atoms with Crippen LogP contribution in [-0.4, -0.2) is 33.9 Å². The van der Waals surface area contributed by atoms with Crippen LogP contribution < -0.4 is 10.1 Å². The summed E-state index contributed by atoms with van der Waals surface area (Å²) in [6.07, 6.45) is 1.33. The Labute approximate surface area is 131 Å². The van der Waals surface area contributed by atoms with Gasteiger partial charge in [0.1, 0.15) is 17.5 Å². The molecule has 0 saturated heterocycles. The number of nitrogens with one attached hydrogen (secondary N) is 1. The van der Waals surface area contributed by atoms with Crippen molar-refractivity contribution in [1.29, 1.82) is 0 Å². The van der Waals surface area contributed by atoms with Crippen molar-refractivity contribution in [1.82, 2.24) is 9.78 Å². The number of halogens is 1. The van der Waals surface area contributed by atoms with Gasteiger partial charge in [-0.25, -0.2) is 9.48 Å². The van der Waals surface area contributed by atoms with E-state index in [0.29, 0.717) is 16.5 Å². The molecule has 1 aromatic carbocycles. The lowest BCUT2D eigenvalue weighted by Gasteiger charge is -2.15. The maximum Gasteiger partial charge on any atom is 0.354 e. The number of anilines is 1. The molecule has 1 aromatic heterocycles. The van der Waals surface area contributed by atoms with Gasteiger partial charge >= 0.3 is 5.97 Å². The first-order chi connectivity index (χ1) is 10.4. The molecule has 22 heavy (non-hydrogen) atoms. The predicted molar refractivity (Wildman–Crippen MR) is 80.5 cm³/mol.